The number of piperidine rings is 1. The summed E-state index contributed by atoms with van der Waals surface area (Å²) in [6.45, 7) is 1.70. The predicted molar refractivity (Wildman–Crippen MR) is 109 cm³/mol. The van der Waals surface area contributed by atoms with E-state index in [0.29, 0.717) is 50.5 Å². The number of hydrogen-bond donors (Lipinski definition) is 2. The van der Waals surface area contributed by atoms with E-state index in [0.717, 1.165) is 6.26 Å². The predicted octanol–water partition coefficient (Wildman–Crippen LogP) is 0.0565. The van der Waals surface area contributed by atoms with E-state index in [1.165, 1.54) is 12.1 Å². The van der Waals surface area contributed by atoms with Crippen LogP contribution < -0.4 is 18.9 Å². The molecule has 0 aromatic heterocycles. The average molecular weight is 462 g/mol. The highest BCUT2D eigenvalue weighted by atomic mass is 32.2. The third kappa shape index (κ3) is 6.30. The number of nitrogens with zero attached hydrogens (tertiary/aromatic N) is 1. The quantitative estimate of drug-likeness (QED) is 0.587. The number of sulfonamides is 2. The Morgan fingerprint density at radius 1 is 1.13 bits per heavy atom. The Morgan fingerprint density at radius 2 is 1.87 bits per heavy atom. The molecule has 1 fully saturated rings. The highest BCUT2D eigenvalue weighted by Crippen LogP contribution is 2.31. The standard InChI is InChI=1S/C18H27N3O7S2/c1-29(23,24)20-14-4-2-9-21(13-14)18(22)7-8-19-30(25,26)15-5-6-16-17(12-15)28-11-3-10-27-16/h5-6,12,14,19-20H,2-4,7-11,13H2,1H3. The molecule has 1 amide bonds. The minimum atomic E-state index is -3.81. The third-order valence-electron chi connectivity index (χ3n) is 4.82. The zero-order valence-corrected chi connectivity index (χ0v) is 18.4. The first kappa shape index (κ1) is 22.8. The Kier molecular flexibility index (Phi) is 7.22. The summed E-state index contributed by atoms with van der Waals surface area (Å²) >= 11 is 0. The van der Waals surface area contributed by atoms with Crippen molar-refractivity contribution in [1.29, 1.82) is 0 Å². The fourth-order valence-corrected chi connectivity index (χ4v) is 5.29. The number of likely N-dealkylation sites (tertiary alicyclic amines) is 1. The molecule has 0 radical (unpaired) electrons. The van der Waals surface area contributed by atoms with Gasteiger partial charge in [0, 0.05) is 44.6 Å². The van der Waals surface area contributed by atoms with E-state index in [9.17, 15) is 21.6 Å². The molecular formula is C18H27N3O7S2. The third-order valence-corrected chi connectivity index (χ3v) is 7.04. The van der Waals surface area contributed by atoms with Crippen LogP contribution in [0, 0.1) is 0 Å². The lowest BCUT2D eigenvalue weighted by molar-refractivity contribution is -0.132. The van der Waals surface area contributed by atoms with Crippen molar-refractivity contribution in [3.63, 3.8) is 0 Å². The summed E-state index contributed by atoms with van der Waals surface area (Å²) in [6.07, 6.45) is 3.13. The van der Waals surface area contributed by atoms with Gasteiger partial charge >= 0.3 is 0 Å². The van der Waals surface area contributed by atoms with Gasteiger partial charge in [-0.15, -0.1) is 0 Å². The van der Waals surface area contributed by atoms with Gasteiger partial charge in [0.2, 0.25) is 26.0 Å². The van der Waals surface area contributed by atoms with Crippen LogP contribution in [0.4, 0.5) is 0 Å². The van der Waals surface area contributed by atoms with Crippen LogP contribution in [-0.4, -0.2) is 72.8 Å². The molecule has 3 rings (SSSR count). The second-order valence-electron chi connectivity index (χ2n) is 7.38. The van der Waals surface area contributed by atoms with Gasteiger partial charge in [0.15, 0.2) is 11.5 Å². The fraction of sp³-hybridized carbons (Fsp3) is 0.611. The number of fused-ring (bicyclic) bond motifs is 1. The molecule has 0 saturated carbocycles. The number of benzene rings is 1. The molecule has 1 aromatic carbocycles. The average Bonchev–Trinajstić information content (AvgIpc) is 2.91. The minimum absolute atomic E-state index is 0.0185. The molecule has 30 heavy (non-hydrogen) atoms. The van der Waals surface area contributed by atoms with Crippen molar-refractivity contribution >= 4 is 26.0 Å². The maximum atomic E-state index is 12.6. The van der Waals surface area contributed by atoms with Crippen molar-refractivity contribution in [2.24, 2.45) is 0 Å². The van der Waals surface area contributed by atoms with Gasteiger partial charge in [-0.25, -0.2) is 26.3 Å². The number of hydrogen-bond acceptors (Lipinski definition) is 7. The van der Waals surface area contributed by atoms with Gasteiger partial charge in [-0.2, -0.15) is 0 Å². The van der Waals surface area contributed by atoms with Crippen LogP contribution in [0.5, 0.6) is 11.5 Å². The number of carbonyl (C=O) groups is 1. The monoisotopic (exact) mass is 461 g/mol. The van der Waals surface area contributed by atoms with Crippen LogP contribution in [0.25, 0.3) is 0 Å². The van der Waals surface area contributed by atoms with E-state index in [2.05, 4.69) is 9.44 Å². The molecule has 168 valence electrons. The molecule has 12 heteroatoms. The summed E-state index contributed by atoms with van der Waals surface area (Å²) in [4.78, 5) is 14.0. The minimum Gasteiger partial charge on any atom is -0.490 e. The molecule has 1 aromatic rings. The Morgan fingerprint density at radius 3 is 2.60 bits per heavy atom. The first-order valence-electron chi connectivity index (χ1n) is 9.78. The summed E-state index contributed by atoms with van der Waals surface area (Å²) in [5, 5.41) is 0. The van der Waals surface area contributed by atoms with Crippen LogP contribution in [0.15, 0.2) is 23.1 Å². The molecule has 0 bridgehead atoms. The summed E-state index contributed by atoms with van der Waals surface area (Å²) in [7, 11) is -7.16. The van der Waals surface area contributed by atoms with E-state index in [1.54, 1.807) is 11.0 Å². The summed E-state index contributed by atoms with van der Waals surface area (Å²) < 4.78 is 63.9. The summed E-state index contributed by atoms with van der Waals surface area (Å²) in [5.74, 6) is 0.657. The van der Waals surface area contributed by atoms with Crippen molar-refractivity contribution in [3.8, 4) is 11.5 Å². The molecule has 1 unspecified atom stereocenters. The van der Waals surface area contributed by atoms with Gasteiger partial charge in [0.1, 0.15) is 0 Å². The lowest BCUT2D eigenvalue weighted by atomic mass is 10.1. The molecule has 0 aliphatic carbocycles. The van der Waals surface area contributed by atoms with E-state index in [1.807, 2.05) is 0 Å². The van der Waals surface area contributed by atoms with Crippen LogP contribution >= 0.6 is 0 Å². The molecule has 1 atom stereocenters. The van der Waals surface area contributed by atoms with Crippen molar-refractivity contribution in [2.45, 2.75) is 36.6 Å². The number of nitrogens with one attached hydrogen (secondary N) is 2. The van der Waals surface area contributed by atoms with Crippen LogP contribution in [0.1, 0.15) is 25.7 Å². The number of carbonyl (C=O) groups excluding carboxylic acids is 1. The van der Waals surface area contributed by atoms with Crippen molar-refractivity contribution in [2.75, 3.05) is 39.1 Å². The van der Waals surface area contributed by atoms with Crippen LogP contribution in [0.3, 0.4) is 0 Å². The Hall–Kier alpha value is -1.89. The van der Waals surface area contributed by atoms with Crippen LogP contribution in [-0.2, 0) is 24.8 Å². The molecule has 2 aliphatic heterocycles. The Labute approximate surface area is 177 Å². The second-order valence-corrected chi connectivity index (χ2v) is 10.9. The molecule has 10 nitrogen and oxygen atoms in total. The van der Waals surface area contributed by atoms with E-state index in [4.69, 9.17) is 9.47 Å². The first-order valence-corrected chi connectivity index (χ1v) is 13.2. The topological polar surface area (TPSA) is 131 Å². The van der Waals surface area contributed by atoms with Crippen molar-refractivity contribution < 1.29 is 31.1 Å². The number of rotatable bonds is 7. The zero-order chi connectivity index (χ0) is 21.8. The van der Waals surface area contributed by atoms with Crippen LogP contribution in [0.2, 0.25) is 0 Å². The number of amides is 1. The second kappa shape index (κ2) is 9.50. The Bertz CT molecular complexity index is 979. The maximum absolute atomic E-state index is 12.6. The SMILES string of the molecule is CS(=O)(=O)NC1CCCN(C(=O)CCNS(=O)(=O)c2ccc3c(c2)OCCCO3)C1. The lowest BCUT2D eigenvalue weighted by Crippen LogP contribution is -2.49. The number of ether oxygens (including phenoxy) is 2. The van der Waals surface area contributed by atoms with Crippen molar-refractivity contribution in [3.05, 3.63) is 18.2 Å². The molecule has 0 spiro atoms. The lowest BCUT2D eigenvalue weighted by Gasteiger charge is -2.32. The van der Waals surface area contributed by atoms with Gasteiger partial charge in [0.05, 0.1) is 24.4 Å². The normalized spacial score (nSPS) is 19.9. The molecule has 1 saturated heterocycles. The van der Waals surface area contributed by atoms with E-state index in [-0.39, 0.29) is 36.4 Å². The van der Waals surface area contributed by atoms with Gasteiger partial charge in [-0.05, 0) is 25.0 Å². The first-order chi connectivity index (χ1) is 14.1. The highest BCUT2D eigenvalue weighted by molar-refractivity contribution is 7.89. The highest BCUT2D eigenvalue weighted by Gasteiger charge is 2.26. The van der Waals surface area contributed by atoms with Gasteiger partial charge < -0.3 is 14.4 Å². The van der Waals surface area contributed by atoms with Gasteiger partial charge in [0.25, 0.3) is 0 Å². The maximum Gasteiger partial charge on any atom is 0.240 e. The molecule has 2 heterocycles. The van der Waals surface area contributed by atoms with Gasteiger partial charge in [-0.3, -0.25) is 4.79 Å². The van der Waals surface area contributed by atoms with Gasteiger partial charge in [-0.1, -0.05) is 0 Å². The zero-order valence-electron chi connectivity index (χ0n) is 16.8. The summed E-state index contributed by atoms with van der Waals surface area (Å²) in [6, 6.07) is 4.08. The smallest absolute Gasteiger partial charge is 0.240 e. The largest absolute Gasteiger partial charge is 0.490 e. The summed E-state index contributed by atoms with van der Waals surface area (Å²) in [5.41, 5.74) is 0. The molecule has 2 N–H and O–H groups in total. The molecule has 2 aliphatic rings. The van der Waals surface area contributed by atoms with E-state index >= 15 is 0 Å². The van der Waals surface area contributed by atoms with E-state index < -0.39 is 20.0 Å². The fourth-order valence-electron chi connectivity index (χ4n) is 3.45. The molecular weight excluding hydrogens is 434 g/mol. The Balaban J connectivity index is 1.54. The van der Waals surface area contributed by atoms with Crippen molar-refractivity contribution in [1.82, 2.24) is 14.3 Å².